The van der Waals surface area contributed by atoms with Crippen LogP contribution in [0.2, 0.25) is 0 Å². The van der Waals surface area contributed by atoms with Gasteiger partial charge in [-0.15, -0.1) is 0 Å². The van der Waals surface area contributed by atoms with Gasteiger partial charge >= 0.3 is 11.9 Å². The van der Waals surface area contributed by atoms with Gasteiger partial charge in [-0.05, 0) is 45.4 Å². The zero-order valence-electron chi connectivity index (χ0n) is 17.9. The summed E-state index contributed by atoms with van der Waals surface area (Å²) in [6.45, 7) is 5.87. The second-order valence-corrected chi connectivity index (χ2v) is 6.64. The molecule has 0 aliphatic heterocycles. The highest BCUT2D eigenvalue weighted by Gasteiger charge is 2.28. The Balaban J connectivity index is 1.90. The van der Waals surface area contributed by atoms with Crippen LogP contribution in [0.15, 0.2) is 28.7 Å². The molecule has 0 saturated heterocycles. The zero-order chi connectivity index (χ0) is 23.0. The lowest BCUT2D eigenvalue weighted by Gasteiger charge is -2.08. The first-order valence-corrected chi connectivity index (χ1v) is 9.69. The molecular formula is C22H25NO8. The van der Waals surface area contributed by atoms with Gasteiger partial charge in [-0.3, -0.25) is 19.7 Å². The number of hydrogen-bond acceptors (Lipinski definition) is 8. The van der Waals surface area contributed by atoms with Crippen molar-refractivity contribution < 1.29 is 37.8 Å². The maximum atomic E-state index is 12.2. The molecule has 0 spiro atoms. The molecule has 2 aromatic rings. The van der Waals surface area contributed by atoms with Crippen molar-refractivity contribution in [1.82, 2.24) is 0 Å². The van der Waals surface area contributed by atoms with Crippen LogP contribution in [0, 0.1) is 13.8 Å². The van der Waals surface area contributed by atoms with Crippen molar-refractivity contribution in [2.75, 3.05) is 25.1 Å². The Kier molecular flexibility index (Phi) is 8.36. The van der Waals surface area contributed by atoms with Crippen molar-refractivity contribution in [3.8, 4) is 5.75 Å². The first-order chi connectivity index (χ1) is 14.7. The molecule has 31 heavy (non-hydrogen) atoms. The van der Waals surface area contributed by atoms with Crippen LogP contribution in [0.4, 0.5) is 5.88 Å². The lowest BCUT2D eigenvalue weighted by atomic mass is 10.1. The smallest absolute Gasteiger partial charge is 0.344 e. The number of amides is 1. The van der Waals surface area contributed by atoms with E-state index >= 15 is 0 Å². The third-order valence-electron chi connectivity index (χ3n) is 4.10. The molecule has 0 atom stereocenters. The van der Waals surface area contributed by atoms with Crippen molar-refractivity contribution in [3.63, 3.8) is 0 Å². The average molecular weight is 431 g/mol. The fraction of sp³-hybridized carbons (Fsp3) is 0.364. The van der Waals surface area contributed by atoms with Gasteiger partial charge in [-0.2, -0.15) is 0 Å². The van der Waals surface area contributed by atoms with E-state index in [0.717, 1.165) is 5.56 Å². The number of esters is 2. The fourth-order valence-electron chi connectivity index (χ4n) is 2.79. The van der Waals surface area contributed by atoms with Crippen LogP contribution in [0.1, 0.15) is 52.3 Å². The molecule has 1 N–H and O–H groups in total. The molecule has 0 unspecified atom stereocenters. The molecule has 0 aliphatic rings. The summed E-state index contributed by atoms with van der Waals surface area (Å²) in [5.74, 6) is -2.02. The van der Waals surface area contributed by atoms with Gasteiger partial charge in [-0.1, -0.05) is 12.1 Å². The van der Waals surface area contributed by atoms with E-state index in [0.29, 0.717) is 5.75 Å². The summed E-state index contributed by atoms with van der Waals surface area (Å²) in [6.07, 6.45) is -0.0519. The van der Waals surface area contributed by atoms with E-state index in [1.165, 1.54) is 13.8 Å². The van der Waals surface area contributed by atoms with Crippen LogP contribution in [0.5, 0.6) is 5.75 Å². The van der Waals surface area contributed by atoms with Gasteiger partial charge in [0.25, 0.3) is 5.91 Å². The van der Waals surface area contributed by atoms with Crippen LogP contribution in [-0.4, -0.2) is 43.4 Å². The van der Waals surface area contributed by atoms with Gasteiger partial charge in [0.2, 0.25) is 5.88 Å². The third-order valence-corrected chi connectivity index (χ3v) is 4.10. The summed E-state index contributed by atoms with van der Waals surface area (Å²) >= 11 is 0. The van der Waals surface area contributed by atoms with Gasteiger partial charge in [0.05, 0.1) is 25.2 Å². The SMILES string of the molecule is CCOC(=O)c1c(NC(=O)COC(=O)CCOc2cccc(C)c2)oc(C)c1C(C)=O. The van der Waals surface area contributed by atoms with Crippen molar-refractivity contribution in [2.24, 2.45) is 0 Å². The minimum atomic E-state index is -0.801. The Morgan fingerprint density at radius 3 is 2.45 bits per heavy atom. The number of benzene rings is 1. The molecule has 0 aliphatic carbocycles. The number of hydrogen-bond donors (Lipinski definition) is 1. The largest absolute Gasteiger partial charge is 0.493 e. The molecule has 1 aromatic heterocycles. The van der Waals surface area contributed by atoms with Crippen LogP contribution < -0.4 is 10.1 Å². The molecule has 0 radical (unpaired) electrons. The minimum Gasteiger partial charge on any atom is -0.493 e. The van der Waals surface area contributed by atoms with Crippen LogP contribution >= 0.6 is 0 Å². The molecule has 9 nitrogen and oxygen atoms in total. The summed E-state index contributed by atoms with van der Waals surface area (Å²) in [5.41, 5.74) is 0.886. The van der Waals surface area contributed by atoms with Gasteiger partial charge in [0.15, 0.2) is 12.4 Å². The van der Waals surface area contributed by atoms with E-state index in [4.69, 9.17) is 18.6 Å². The number of ether oxygens (including phenoxy) is 3. The number of carbonyl (C=O) groups is 4. The topological polar surface area (TPSA) is 121 Å². The van der Waals surface area contributed by atoms with Gasteiger partial charge in [0, 0.05) is 0 Å². The first kappa shape index (κ1) is 23.7. The molecule has 1 aromatic carbocycles. The van der Waals surface area contributed by atoms with Crippen molar-refractivity contribution in [3.05, 3.63) is 46.7 Å². The van der Waals surface area contributed by atoms with Crippen LogP contribution in [0.3, 0.4) is 0 Å². The van der Waals surface area contributed by atoms with E-state index in [-0.39, 0.29) is 42.4 Å². The maximum Gasteiger partial charge on any atom is 0.344 e. The summed E-state index contributed by atoms with van der Waals surface area (Å²) in [7, 11) is 0. The molecule has 2 rings (SSSR count). The van der Waals surface area contributed by atoms with E-state index in [2.05, 4.69) is 5.32 Å². The van der Waals surface area contributed by atoms with Gasteiger partial charge in [-0.25, -0.2) is 4.79 Å². The Bertz CT molecular complexity index is 976. The number of furan rings is 1. The van der Waals surface area contributed by atoms with E-state index in [1.54, 1.807) is 13.0 Å². The minimum absolute atomic E-state index is 0.0269. The van der Waals surface area contributed by atoms with Gasteiger partial charge < -0.3 is 18.6 Å². The number of carbonyl (C=O) groups excluding carboxylic acids is 4. The number of Topliss-reactive ketones (excluding diaryl/α,β-unsaturated/α-hetero) is 1. The molecule has 1 heterocycles. The summed E-state index contributed by atoms with van der Waals surface area (Å²) in [6, 6.07) is 7.37. The second-order valence-electron chi connectivity index (χ2n) is 6.64. The second kappa shape index (κ2) is 11.0. The molecule has 9 heteroatoms. The third kappa shape index (κ3) is 6.70. The molecule has 1 amide bonds. The fourth-order valence-corrected chi connectivity index (χ4v) is 2.79. The molecular weight excluding hydrogens is 406 g/mol. The molecule has 0 fully saturated rings. The van der Waals surface area contributed by atoms with Crippen molar-refractivity contribution >= 4 is 29.5 Å². The Labute approximate surface area is 179 Å². The highest BCUT2D eigenvalue weighted by molar-refractivity contribution is 6.10. The van der Waals surface area contributed by atoms with E-state index in [1.807, 2.05) is 25.1 Å². The number of anilines is 1. The highest BCUT2D eigenvalue weighted by atomic mass is 16.5. The summed E-state index contributed by atoms with van der Waals surface area (Å²) < 4.78 is 20.7. The number of ketones is 1. The first-order valence-electron chi connectivity index (χ1n) is 9.69. The quantitative estimate of drug-likeness (QED) is 0.450. The Morgan fingerprint density at radius 2 is 1.81 bits per heavy atom. The van der Waals surface area contributed by atoms with Crippen molar-refractivity contribution in [1.29, 1.82) is 0 Å². The monoisotopic (exact) mass is 431 g/mol. The highest BCUT2D eigenvalue weighted by Crippen LogP contribution is 2.28. The predicted molar refractivity (Wildman–Crippen MR) is 110 cm³/mol. The number of nitrogens with one attached hydrogen (secondary N) is 1. The van der Waals surface area contributed by atoms with Crippen molar-refractivity contribution in [2.45, 2.75) is 34.1 Å². The maximum absolute atomic E-state index is 12.2. The lowest BCUT2D eigenvalue weighted by Crippen LogP contribution is -2.23. The van der Waals surface area contributed by atoms with E-state index < -0.39 is 30.2 Å². The molecule has 0 saturated carbocycles. The number of aryl methyl sites for hydroxylation is 2. The van der Waals surface area contributed by atoms with E-state index in [9.17, 15) is 19.2 Å². The lowest BCUT2D eigenvalue weighted by molar-refractivity contribution is -0.147. The summed E-state index contributed by atoms with van der Waals surface area (Å²) in [4.78, 5) is 48.1. The Hall–Kier alpha value is -3.62. The summed E-state index contributed by atoms with van der Waals surface area (Å²) in [5, 5.41) is 2.34. The predicted octanol–water partition coefficient (Wildman–Crippen LogP) is 3.23. The normalized spacial score (nSPS) is 10.3. The average Bonchev–Trinajstić information content (AvgIpc) is 3.02. The number of rotatable bonds is 10. The molecule has 166 valence electrons. The Morgan fingerprint density at radius 1 is 1.06 bits per heavy atom. The van der Waals surface area contributed by atoms with Crippen LogP contribution in [0.25, 0.3) is 0 Å². The van der Waals surface area contributed by atoms with Gasteiger partial charge in [0.1, 0.15) is 17.1 Å². The zero-order valence-corrected chi connectivity index (χ0v) is 17.9. The molecule has 0 bridgehead atoms. The standard InChI is InChI=1S/C22H25NO8/c1-5-28-22(27)20-19(14(3)24)15(4)31-21(20)23-17(25)12-30-18(26)9-10-29-16-8-6-7-13(2)11-16/h6-8,11H,5,9-10,12H2,1-4H3,(H,23,25). The van der Waals surface area contributed by atoms with Crippen LogP contribution in [-0.2, 0) is 19.1 Å².